The predicted molar refractivity (Wildman–Crippen MR) is 158 cm³/mol. The molecule has 4 rings (SSSR count). The Labute approximate surface area is 245 Å². The van der Waals surface area contributed by atoms with E-state index in [4.69, 9.17) is 0 Å². The predicted octanol–water partition coefficient (Wildman–Crippen LogP) is 4.66. The molecule has 8 nitrogen and oxygen atoms in total. The van der Waals surface area contributed by atoms with Crippen molar-refractivity contribution in [2.24, 2.45) is 0 Å². The van der Waals surface area contributed by atoms with E-state index in [1.54, 1.807) is 36.4 Å². The van der Waals surface area contributed by atoms with E-state index < -0.39 is 11.7 Å². The molecule has 1 saturated heterocycles. The van der Waals surface area contributed by atoms with E-state index >= 15 is 4.39 Å². The Hall–Kier alpha value is -4.36. The van der Waals surface area contributed by atoms with Crippen LogP contribution in [-0.4, -0.2) is 60.5 Å². The molecular weight excluding hydrogens is 538 g/mol. The van der Waals surface area contributed by atoms with Gasteiger partial charge in [0.1, 0.15) is 23.1 Å². The first-order valence-corrected chi connectivity index (χ1v) is 14.4. The van der Waals surface area contributed by atoms with Gasteiger partial charge in [-0.15, -0.1) is 0 Å². The van der Waals surface area contributed by atoms with Crippen LogP contribution in [0.4, 0.5) is 14.6 Å². The average molecular weight is 575 g/mol. The van der Waals surface area contributed by atoms with Crippen molar-refractivity contribution in [3.63, 3.8) is 0 Å². The number of carbonyl (C=O) groups is 2. The molecule has 2 heterocycles. The van der Waals surface area contributed by atoms with E-state index in [1.165, 1.54) is 12.1 Å². The molecule has 0 bridgehead atoms. The SMILES string of the molecule is CCNCCCC(=O)N1CCC[C@@H]1CNC(=O)c1cc(F)c(-c2ccccc2C#N)nc1NCCc1cccc(F)c1. The number of carbonyl (C=O) groups excluding carboxylic acids is 2. The Morgan fingerprint density at radius 3 is 2.74 bits per heavy atom. The second-order valence-electron chi connectivity index (χ2n) is 10.2. The largest absolute Gasteiger partial charge is 0.369 e. The van der Waals surface area contributed by atoms with E-state index in [0.29, 0.717) is 31.5 Å². The Morgan fingerprint density at radius 1 is 1.12 bits per heavy atom. The summed E-state index contributed by atoms with van der Waals surface area (Å²) in [5.74, 6) is -1.40. The Kier molecular flexibility index (Phi) is 11.0. The van der Waals surface area contributed by atoms with Crippen molar-refractivity contribution in [2.45, 2.75) is 45.1 Å². The van der Waals surface area contributed by atoms with E-state index in [2.05, 4.69) is 27.0 Å². The van der Waals surface area contributed by atoms with Crippen LogP contribution in [0.5, 0.6) is 0 Å². The molecule has 1 aromatic heterocycles. The fraction of sp³-hybridized carbons (Fsp3) is 0.375. The van der Waals surface area contributed by atoms with Gasteiger partial charge in [-0.3, -0.25) is 9.59 Å². The van der Waals surface area contributed by atoms with Crippen LogP contribution in [0.2, 0.25) is 0 Å². The zero-order chi connectivity index (χ0) is 29.9. The van der Waals surface area contributed by atoms with Gasteiger partial charge in [0.15, 0.2) is 0 Å². The molecule has 3 N–H and O–H groups in total. The minimum Gasteiger partial charge on any atom is -0.369 e. The van der Waals surface area contributed by atoms with Gasteiger partial charge in [0.2, 0.25) is 5.91 Å². The van der Waals surface area contributed by atoms with Crippen LogP contribution in [0.3, 0.4) is 0 Å². The number of rotatable bonds is 13. The molecule has 42 heavy (non-hydrogen) atoms. The van der Waals surface area contributed by atoms with Gasteiger partial charge in [-0.25, -0.2) is 13.8 Å². The third-order valence-corrected chi connectivity index (χ3v) is 7.31. The number of pyridine rings is 1. The molecule has 2 aromatic carbocycles. The summed E-state index contributed by atoms with van der Waals surface area (Å²) < 4.78 is 29.1. The van der Waals surface area contributed by atoms with E-state index in [1.807, 2.05) is 11.8 Å². The van der Waals surface area contributed by atoms with E-state index in [-0.39, 0.29) is 46.9 Å². The third kappa shape index (κ3) is 7.89. The number of aromatic nitrogens is 1. The zero-order valence-corrected chi connectivity index (χ0v) is 23.8. The maximum Gasteiger partial charge on any atom is 0.255 e. The summed E-state index contributed by atoms with van der Waals surface area (Å²) in [6.07, 6.45) is 3.26. The van der Waals surface area contributed by atoms with Crippen LogP contribution in [0.1, 0.15) is 54.1 Å². The molecule has 0 saturated carbocycles. The topological polar surface area (TPSA) is 110 Å². The number of nitrogens with one attached hydrogen (secondary N) is 3. The molecule has 1 aliphatic rings. The minimum absolute atomic E-state index is 0.00597. The standard InChI is InChI=1S/C32H36F2N6O2/c1-2-36-15-6-13-29(41)40-17-7-11-25(40)21-38-32(42)27-19-28(34)30(26-12-4-3-9-23(26)20-35)39-31(27)37-16-14-22-8-5-10-24(33)18-22/h3-5,8-10,12,18-19,25,36H,2,6-7,11,13-17,21H2,1H3,(H,37,39)(H,38,42)/t25-/m1/s1. The van der Waals surface area contributed by atoms with Crippen LogP contribution in [0.15, 0.2) is 54.6 Å². The number of likely N-dealkylation sites (tertiary alicyclic amines) is 1. The van der Waals surface area contributed by atoms with Crippen LogP contribution in [0, 0.1) is 23.0 Å². The summed E-state index contributed by atoms with van der Waals surface area (Å²) in [5, 5.41) is 18.7. The fourth-order valence-electron chi connectivity index (χ4n) is 5.16. The van der Waals surface area contributed by atoms with Crippen molar-refractivity contribution >= 4 is 17.6 Å². The lowest BCUT2D eigenvalue weighted by Crippen LogP contribution is -2.43. The van der Waals surface area contributed by atoms with Gasteiger partial charge in [-0.05, 0) is 68.6 Å². The molecule has 0 aliphatic carbocycles. The summed E-state index contributed by atoms with van der Waals surface area (Å²) in [5.41, 5.74) is 1.27. The van der Waals surface area contributed by atoms with Crippen LogP contribution in [-0.2, 0) is 11.2 Å². The minimum atomic E-state index is -0.739. The van der Waals surface area contributed by atoms with Gasteiger partial charge in [0.25, 0.3) is 5.91 Å². The van der Waals surface area contributed by atoms with E-state index in [9.17, 15) is 19.2 Å². The van der Waals surface area contributed by atoms with Gasteiger partial charge in [0, 0.05) is 37.7 Å². The lowest BCUT2D eigenvalue weighted by molar-refractivity contribution is -0.132. The Morgan fingerprint density at radius 2 is 1.95 bits per heavy atom. The highest BCUT2D eigenvalue weighted by Crippen LogP contribution is 2.28. The van der Waals surface area contributed by atoms with E-state index in [0.717, 1.165) is 44.0 Å². The summed E-state index contributed by atoms with van der Waals surface area (Å²) >= 11 is 0. The molecule has 10 heteroatoms. The van der Waals surface area contributed by atoms with Gasteiger partial charge in [-0.1, -0.05) is 37.3 Å². The summed E-state index contributed by atoms with van der Waals surface area (Å²) in [6.45, 7) is 4.85. The molecule has 1 atom stereocenters. The number of halogens is 2. The van der Waals surface area contributed by atoms with Gasteiger partial charge in [0.05, 0.1) is 17.2 Å². The molecule has 2 amide bonds. The fourth-order valence-corrected chi connectivity index (χ4v) is 5.16. The first-order chi connectivity index (χ1) is 20.4. The first-order valence-electron chi connectivity index (χ1n) is 14.4. The van der Waals surface area contributed by atoms with Gasteiger partial charge < -0.3 is 20.9 Å². The number of amides is 2. The van der Waals surface area contributed by atoms with Crippen molar-refractivity contribution in [3.05, 3.63) is 82.9 Å². The number of hydrogen-bond acceptors (Lipinski definition) is 6. The number of nitrogens with zero attached hydrogens (tertiary/aromatic N) is 3. The average Bonchev–Trinajstić information content (AvgIpc) is 3.47. The Bertz CT molecular complexity index is 1440. The van der Waals surface area contributed by atoms with Crippen LogP contribution < -0.4 is 16.0 Å². The van der Waals surface area contributed by atoms with Gasteiger partial charge in [-0.2, -0.15) is 5.26 Å². The Balaban J connectivity index is 1.51. The highest BCUT2D eigenvalue weighted by Gasteiger charge is 2.29. The second kappa shape index (κ2) is 15.0. The quantitative estimate of drug-likeness (QED) is 0.256. The molecule has 1 aliphatic heterocycles. The first kappa shape index (κ1) is 30.6. The van der Waals surface area contributed by atoms with Crippen LogP contribution in [0.25, 0.3) is 11.3 Å². The van der Waals surface area contributed by atoms with Crippen molar-refractivity contribution in [3.8, 4) is 17.3 Å². The molecule has 1 fully saturated rings. The summed E-state index contributed by atoms with van der Waals surface area (Å²) in [6, 6.07) is 15.8. The lowest BCUT2D eigenvalue weighted by Gasteiger charge is -2.25. The lowest BCUT2D eigenvalue weighted by atomic mass is 10.0. The van der Waals surface area contributed by atoms with Crippen LogP contribution >= 0.6 is 0 Å². The normalized spacial score (nSPS) is 14.4. The molecule has 0 unspecified atom stereocenters. The summed E-state index contributed by atoms with van der Waals surface area (Å²) in [7, 11) is 0. The molecule has 0 spiro atoms. The number of nitriles is 1. The number of benzene rings is 2. The molecule has 0 radical (unpaired) electrons. The highest BCUT2D eigenvalue weighted by molar-refractivity contribution is 5.99. The monoisotopic (exact) mass is 574 g/mol. The van der Waals surface area contributed by atoms with Crippen molar-refractivity contribution in [1.29, 1.82) is 5.26 Å². The maximum absolute atomic E-state index is 15.4. The smallest absolute Gasteiger partial charge is 0.255 e. The summed E-state index contributed by atoms with van der Waals surface area (Å²) in [4.78, 5) is 32.4. The van der Waals surface area contributed by atoms with Crippen molar-refractivity contribution in [2.75, 3.05) is 38.0 Å². The van der Waals surface area contributed by atoms with Crippen molar-refractivity contribution in [1.82, 2.24) is 20.5 Å². The highest BCUT2D eigenvalue weighted by atomic mass is 19.1. The maximum atomic E-state index is 15.4. The van der Waals surface area contributed by atoms with Crippen molar-refractivity contribution < 1.29 is 18.4 Å². The zero-order valence-electron chi connectivity index (χ0n) is 23.8. The molecular formula is C32H36F2N6O2. The molecule has 220 valence electrons. The third-order valence-electron chi connectivity index (χ3n) is 7.31. The number of hydrogen-bond donors (Lipinski definition) is 3. The number of anilines is 1. The second-order valence-corrected chi connectivity index (χ2v) is 10.2. The van der Waals surface area contributed by atoms with Gasteiger partial charge >= 0.3 is 0 Å². The molecule has 3 aromatic rings.